The summed E-state index contributed by atoms with van der Waals surface area (Å²) in [5, 5.41) is 14.6. The van der Waals surface area contributed by atoms with Crippen LogP contribution in [0.2, 0.25) is 0 Å². The maximum atomic E-state index is 11.6. The van der Waals surface area contributed by atoms with Crippen molar-refractivity contribution in [3.8, 4) is 5.69 Å². The largest absolute Gasteiger partial charge is 0.346 e. The summed E-state index contributed by atoms with van der Waals surface area (Å²) in [5.74, 6) is 0.613. The molecule has 0 saturated heterocycles. The second-order valence-electron chi connectivity index (χ2n) is 4.46. The first kappa shape index (κ1) is 14.6. The van der Waals surface area contributed by atoms with Crippen molar-refractivity contribution in [1.29, 1.82) is 0 Å². The molecule has 2 rings (SSSR count). The lowest BCUT2D eigenvalue weighted by Gasteiger charge is -2.13. The molecule has 1 N–H and O–H groups in total. The minimum atomic E-state index is -0.243. The standard InChI is InChI=1S/C13H16BrN5O/c1-3-4-12(20)15-9(2)13-16-17-18-19(13)11-7-5-10(14)6-8-11/h5-9H,3-4H2,1-2H3,(H,15,20). The molecule has 0 aliphatic carbocycles. The van der Waals surface area contributed by atoms with Gasteiger partial charge in [-0.2, -0.15) is 4.68 Å². The van der Waals surface area contributed by atoms with Crippen molar-refractivity contribution in [2.75, 3.05) is 0 Å². The second-order valence-corrected chi connectivity index (χ2v) is 5.38. The van der Waals surface area contributed by atoms with Crippen LogP contribution in [0, 0.1) is 0 Å². The molecule has 20 heavy (non-hydrogen) atoms. The zero-order valence-corrected chi connectivity index (χ0v) is 13.0. The van der Waals surface area contributed by atoms with Crippen LogP contribution in [0.5, 0.6) is 0 Å². The Morgan fingerprint density at radius 2 is 2.10 bits per heavy atom. The molecule has 1 aromatic heterocycles. The zero-order chi connectivity index (χ0) is 14.5. The normalized spacial score (nSPS) is 12.2. The van der Waals surface area contributed by atoms with E-state index >= 15 is 0 Å². The van der Waals surface area contributed by atoms with Gasteiger partial charge in [0.2, 0.25) is 5.91 Å². The van der Waals surface area contributed by atoms with E-state index in [1.807, 2.05) is 38.1 Å². The quantitative estimate of drug-likeness (QED) is 0.909. The number of tetrazole rings is 1. The van der Waals surface area contributed by atoms with Crippen molar-refractivity contribution in [2.24, 2.45) is 0 Å². The fourth-order valence-electron chi connectivity index (χ4n) is 1.84. The van der Waals surface area contributed by atoms with Gasteiger partial charge in [0.15, 0.2) is 5.82 Å². The molecule has 1 atom stereocenters. The summed E-state index contributed by atoms with van der Waals surface area (Å²) in [6.07, 6.45) is 1.32. The van der Waals surface area contributed by atoms with Crippen molar-refractivity contribution in [3.05, 3.63) is 34.6 Å². The van der Waals surface area contributed by atoms with Gasteiger partial charge in [-0.15, -0.1) is 5.10 Å². The molecule has 1 unspecified atom stereocenters. The van der Waals surface area contributed by atoms with E-state index in [0.29, 0.717) is 12.2 Å². The number of halogens is 1. The van der Waals surface area contributed by atoms with Crippen LogP contribution in [0.3, 0.4) is 0 Å². The fourth-order valence-corrected chi connectivity index (χ4v) is 2.10. The van der Waals surface area contributed by atoms with Crippen molar-refractivity contribution in [2.45, 2.75) is 32.7 Å². The molecule has 1 aromatic carbocycles. The smallest absolute Gasteiger partial charge is 0.220 e. The van der Waals surface area contributed by atoms with E-state index in [-0.39, 0.29) is 11.9 Å². The molecule has 106 valence electrons. The molecular weight excluding hydrogens is 322 g/mol. The molecule has 2 aromatic rings. The highest BCUT2D eigenvalue weighted by molar-refractivity contribution is 9.10. The van der Waals surface area contributed by atoms with E-state index < -0.39 is 0 Å². The fraction of sp³-hybridized carbons (Fsp3) is 0.385. The molecule has 1 heterocycles. The third-order valence-electron chi connectivity index (χ3n) is 2.81. The summed E-state index contributed by atoms with van der Waals surface area (Å²) < 4.78 is 2.61. The van der Waals surface area contributed by atoms with Gasteiger partial charge in [-0.3, -0.25) is 4.79 Å². The molecular formula is C13H16BrN5O. The van der Waals surface area contributed by atoms with Gasteiger partial charge in [-0.25, -0.2) is 0 Å². The summed E-state index contributed by atoms with van der Waals surface area (Å²) in [6, 6.07) is 7.41. The first-order chi connectivity index (χ1) is 9.61. The summed E-state index contributed by atoms with van der Waals surface area (Å²) in [7, 11) is 0. The van der Waals surface area contributed by atoms with E-state index in [1.54, 1.807) is 4.68 Å². The maximum absolute atomic E-state index is 11.6. The van der Waals surface area contributed by atoms with Gasteiger partial charge in [0.05, 0.1) is 11.7 Å². The van der Waals surface area contributed by atoms with E-state index in [2.05, 4.69) is 36.8 Å². The zero-order valence-electron chi connectivity index (χ0n) is 11.4. The third-order valence-corrected chi connectivity index (χ3v) is 3.34. The molecule has 7 heteroatoms. The lowest BCUT2D eigenvalue weighted by atomic mass is 10.2. The Balaban J connectivity index is 2.19. The number of nitrogens with zero attached hydrogens (tertiary/aromatic N) is 4. The van der Waals surface area contributed by atoms with Gasteiger partial charge in [-0.05, 0) is 48.0 Å². The minimum absolute atomic E-state index is 0.00496. The van der Waals surface area contributed by atoms with Crippen LogP contribution < -0.4 is 5.32 Å². The first-order valence-electron chi connectivity index (χ1n) is 6.45. The number of amides is 1. The summed E-state index contributed by atoms with van der Waals surface area (Å²) in [6.45, 7) is 3.84. The number of hydrogen-bond acceptors (Lipinski definition) is 4. The monoisotopic (exact) mass is 337 g/mol. The maximum Gasteiger partial charge on any atom is 0.220 e. The van der Waals surface area contributed by atoms with Crippen LogP contribution >= 0.6 is 15.9 Å². The topological polar surface area (TPSA) is 72.7 Å². The highest BCUT2D eigenvalue weighted by Crippen LogP contribution is 2.17. The molecule has 0 aliphatic rings. The Kier molecular flexibility index (Phi) is 4.84. The first-order valence-corrected chi connectivity index (χ1v) is 7.24. The SMILES string of the molecule is CCCC(=O)NC(C)c1nnnn1-c1ccc(Br)cc1. The summed E-state index contributed by atoms with van der Waals surface area (Å²) >= 11 is 3.39. The number of carbonyl (C=O) groups is 1. The van der Waals surface area contributed by atoms with Crippen LogP contribution in [0.15, 0.2) is 28.7 Å². The average molecular weight is 338 g/mol. The van der Waals surface area contributed by atoms with Crippen LogP contribution in [0.4, 0.5) is 0 Å². The molecule has 6 nitrogen and oxygen atoms in total. The van der Waals surface area contributed by atoms with Crippen molar-refractivity contribution in [3.63, 3.8) is 0 Å². The van der Waals surface area contributed by atoms with Gasteiger partial charge in [0, 0.05) is 10.9 Å². The number of benzene rings is 1. The Hall–Kier alpha value is -1.76. The van der Waals surface area contributed by atoms with Crippen molar-refractivity contribution >= 4 is 21.8 Å². The highest BCUT2D eigenvalue weighted by Gasteiger charge is 2.17. The van der Waals surface area contributed by atoms with Crippen LogP contribution in [-0.4, -0.2) is 26.1 Å². The third kappa shape index (κ3) is 3.41. The van der Waals surface area contributed by atoms with Gasteiger partial charge in [0.1, 0.15) is 0 Å². The predicted molar refractivity (Wildman–Crippen MR) is 78.3 cm³/mol. The van der Waals surface area contributed by atoms with E-state index in [1.165, 1.54) is 0 Å². The van der Waals surface area contributed by atoms with Crippen LogP contribution in [0.1, 0.15) is 38.6 Å². The number of rotatable bonds is 5. The molecule has 0 aliphatic heterocycles. The molecule has 0 spiro atoms. The molecule has 0 radical (unpaired) electrons. The second kappa shape index (κ2) is 6.60. The van der Waals surface area contributed by atoms with Gasteiger partial charge >= 0.3 is 0 Å². The molecule has 0 bridgehead atoms. The van der Waals surface area contributed by atoms with E-state index in [0.717, 1.165) is 16.6 Å². The minimum Gasteiger partial charge on any atom is -0.346 e. The van der Waals surface area contributed by atoms with Gasteiger partial charge in [0.25, 0.3) is 0 Å². The Bertz CT molecular complexity index is 581. The summed E-state index contributed by atoms with van der Waals surface area (Å²) in [4.78, 5) is 11.6. The van der Waals surface area contributed by atoms with Crippen molar-refractivity contribution < 1.29 is 4.79 Å². The molecule has 0 saturated carbocycles. The lowest BCUT2D eigenvalue weighted by Crippen LogP contribution is -2.28. The Labute approximate surface area is 125 Å². The summed E-state index contributed by atoms with van der Waals surface area (Å²) in [5.41, 5.74) is 0.852. The number of aromatic nitrogens is 4. The van der Waals surface area contributed by atoms with Gasteiger partial charge < -0.3 is 5.32 Å². The van der Waals surface area contributed by atoms with Crippen molar-refractivity contribution in [1.82, 2.24) is 25.5 Å². The van der Waals surface area contributed by atoms with Gasteiger partial charge in [-0.1, -0.05) is 22.9 Å². The Morgan fingerprint density at radius 3 is 2.75 bits per heavy atom. The van der Waals surface area contributed by atoms with E-state index in [4.69, 9.17) is 0 Å². The predicted octanol–water partition coefficient (Wildman–Crippen LogP) is 2.40. The lowest BCUT2D eigenvalue weighted by molar-refractivity contribution is -0.121. The Morgan fingerprint density at radius 1 is 1.40 bits per heavy atom. The highest BCUT2D eigenvalue weighted by atomic mass is 79.9. The number of carbonyl (C=O) groups excluding carboxylic acids is 1. The molecule has 1 amide bonds. The van der Waals surface area contributed by atoms with Crippen LogP contribution in [-0.2, 0) is 4.79 Å². The number of hydrogen-bond donors (Lipinski definition) is 1. The number of nitrogens with one attached hydrogen (secondary N) is 1. The molecule has 0 fully saturated rings. The average Bonchev–Trinajstić information content (AvgIpc) is 2.89. The van der Waals surface area contributed by atoms with Crippen LogP contribution in [0.25, 0.3) is 5.69 Å². The van der Waals surface area contributed by atoms with E-state index in [9.17, 15) is 4.79 Å².